The largest absolute Gasteiger partial charge is 0.457 e. The number of aromatic nitrogens is 2. The summed E-state index contributed by atoms with van der Waals surface area (Å²) in [7, 11) is 0. The Kier molecular flexibility index (Phi) is 5.16. The van der Waals surface area contributed by atoms with Crippen LogP contribution >= 0.6 is 11.8 Å². The molecule has 0 radical (unpaired) electrons. The third-order valence-electron chi connectivity index (χ3n) is 4.27. The maximum atomic E-state index is 12.2. The molecule has 1 N–H and O–H groups in total. The molecule has 0 atom stereocenters. The zero-order valence-corrected chi connectivity index (χ0v) is 15.9. The first-order valence-electron chi connectivity index (χ1n) is 8.97. The van der Waals surface area contributed by atoms with Crippen LogP contribution in [-0.4, -0.2) is 21.2 Å². The third kappa shape index (κ3) is 4.71. The fourth-order valence-corrected chi connectivity index (χ4v) is 3.62. The van der Waals surface area contributed by atoms with E-state index >= 15 is 0 Å². The molecule has 0 bridgehead atoms. The maximum Gasteiger partial charge on any atom is 0.234 e. The molecule has 4 rings (SSSR count). The Morgan fingerprint density at radius 1 is 1.22 bits per heavy atom. The van der Waals surface area contributed by atoms with Crippen molar-refractivity contribution in [2.75, 3.05) is 11.1 Å². The first-order valence-corrected chi connectivity index (χ1v) is 9.96. The van der Waals surface area contributed by atoms with Crippen molar-refractivity contribution in [1.29, 1.82) is 0 Å². The van der Waals surface area contributed by atoms with Gasteiger partial charge in [0, 0.05) is 24.1 Å². The Morgan fingerprint density at radius 2 is 2.04 bits per heavy atom. The molecule has 0 unspecified atom stereocenters. The molecule has 2 aromatic carbocycles. The molecule has 1 heterocycles. The monoisotopic (exact) mass is 379 g/mol. The van der Waals surface area contributed by atoms with E-state index in [-0.39, 0.29) is 5.91 Å². The van der Waals surface area contributed by atoms with Gasteiger partial charge in [-0.05, 0) is 61.7 Å². The van der Waals surface area contributed by atoms with Gasteiger partial charge in [0.05, 0.1) is 5.75 Å². The SMILES string of the molecule is Cc1cccc(Oc2ccc(NC(=O)CSc3nccn3C3CC3)cc2)c1. The number of thioether (sulfide) groups is 1. The molecular weight excluding hydrogens is 358 g/mol. The molecule has 6 heteroatoms. The van der Waals surface area contributed by atoms with E-state index in [1.807, 2.05) is 61.7 Å². The first-order chi connectivity index (χ1) is 13.2. The van der Waals surface area contributed by atoms with Crippen LogP contribution in [0.2, 0.25) is 0 Å². The van der Waals surface area contributed by atoms with Gasteiger partial charge >= 0.3 is 0 Å². The lowest BCUT2D eigenvalue weighted by Gasteiger charge is -2.09. The molecule has 1 aromatic heterocycles. The van der Waals surface area contributed by atoms with Crippen LogP contribution in [0.4, 0.5) is 5.69 Å². The normalized spacial score (nSPS) is 13.4. The van der Waals surface area contributed by atoms with Crippen LogP contribution in [0, 0.1) is 6.92 Å². The van der Waals surface area contributed by atoms with Gasteiger partial charge in [-0.25, -0.2) is 4.98 Å². The molecule has 3 aromatic rings. The van der Waals surface area contributed by atoms with Gasteiger partial charge in [0.1, 0.15) is 11.5 Å². The van der Waals surface area contributed by atoms with Crippen LogP contribution in [0.15, 0.2) is 66.1 Å². The molecule has 0 spiro atoms. The number of nitrogens with zero attached hydrogens (tertiary/aromatic N) is 2. The second kappa shape index (κ2) is 7.88. The first kappa shape index (κ1) is 17.7. The molecule has 27 heavy (non-hydrogen) atoms. The van der Waals surface area contributed by atoms with Crippen molar-refractivity contribution in [3.63, 3.8) is 0 Å². The molecule has 1 amide bonds. The third-order valence-corrected chi connectivity index (χ3v) is 5.25. The number of amides is 1. The topological polar surface area (TPSA) is 56.1 Å². The minimum atomic E-state index is -0.0438. The van der Waals surface area contributed by atoms with Crippen molar-refractivity contribution >= 4 is 23.4 Å². The van der Waals surface area contributed by atoms with Crippen LogP contribution in [0.3, 0.4) is 0 Å². The van der Waals surface area contributed by atoms with Crippen LogP contribution in [0.1, 0.15) is 24.4 Å². The highest BCUT2D eigenvalue weighted by molar-refractivity contribution is 7.99. The van der Waals surface area contributed by atoms with Gasteiger partial charge in [0.15, 0.2) is 5.16 Å². The maximum absolute atomic E-state index is 12.2. The lowest BCUT2D eigenvalue weighted by Crippen LogP contribution is -2.14. The lowest BCUT2D eigenvalue weighted by molar-refractivity contribution is -0.113. The smallest absolute Gasteiger partial charge is 0.234 e. The summed E-state index contributed by atoms with van der Waals surface area (Å²) >= 11 is 1.47. The van der Waals surface area contributed by atoms with Crippen LogP contribution < -0.4 is 10.1 Å². The number of rotatable bonds is 7. The molecule has 1 aliphatic rings. The van der Waals surface area contributed by atoms with Crippen molar-refractivity contribution in [3.8, 4) is 11.5 Å². The predicted molar refractivity (Wildman–Crippen MR) is 108 cm³/mol. The number of carbonyl (C=O) groups excluding carboxylic acids is 1. The molecule has 1 aliphatic carbocycles. The lowest BCUT2D eigenvalue weighted by atomic mass is 10.2. The van der Waals surface area contributed by atoms with Gasteiger partial charge < -0.3 is 14.6 Å². The number of benzene rings is 2. The minimum absolute atomic E-state index is 0.0438. The van der Waals surface area contributed by atoms with Crippen LogP contribution in [0.25, 0.3) is 0 Å². The highest BCUT2D eigenvalue weighted by Gasteiger charge is 2.25. The molecule has 5 nitrogen and oxygen atoms in total. The number of hydrogen-bond donors (Lipinski definition) is 1. The summed E-state index contributed by atoms with van der Waals surface area (Å²) in [5.41, 5.74) is 1.90. The van der Waals surface area contributed by atoms with Crippen molar-refractivity contribution in [2.24, 2.45) is 0 Å². The predicted octanol–water partition coefficient (Wildman–Crippen LogP) is 5.05. The number of imidazole rings is 1. The second-order valence-corrected chi connectivity index (χ2v) is 7.57. The van der Waals surface area contributed by atoms with Gasteiger partial charge in [-0.15, -0.1) is 0 Å². The average Bonchev–Trinajstić information content (AvgIpc) is 3.39. The van der Waals surface area contributed by atoms with E-state index < -0.39 is 0 Å². The Morgan fingerprint density at radius 3 is 2.78 bits per heavy atom. The van der Waals surface area contributed by atoms with E-state index in [0.717, 1.165) is 27.9 Å². The summed E-state index contributed by atoms with van der Waals surface area (Å²) in [5.74, 6) is 1.83. The summed E-state index contributed by atoms with van der Waals surface area (Å²) in [4.78, 5) is 16.6. The Bertz CT molecular complexity index is 933. The fraction of sp³-hybridized carbons (Fsp3) is 0.238. The van der Waals surface area contributed by atoms with Gasteiger partial charge in [-0.1, -0.05) is 23.9 Å². The molecule has 1 saturated carbocycles. The second-order valence-electron chi connectivity index (χ2n) is 6.63. The summed E-state index contributed by atoms with van der Waals surface area (Å²) in [6.45, 7) is 2.03. The highest BCUT2D eigenvalue weighted by Crippen LogP contribution is 2.37. The number of nitrogens with one attached hydrogen (secondary N) is 1. The van der Waals surface area contributed by atoms with Gasteiger partial charge in [-0.2, -0.15) is 0 Å². The number of aryl methyl sites for hydroxylation is 1. The summed E-state index contributed by atoms with van der Waals surface area (Å²) in [6, 6.07) is 15.9. The van der Waals surface area contributed by atoms with Crippen LogP contribution in [0.5, 0.6) is 11.5 Å². The van der Waals surface area contributed by atoms with Crippen molar-refractivity contribution in [1.82, 2.24) is 9.55 Å². The van der Waals surface area contributed by atoms with Gasteiger partial charge in [-0.3, -0.25) is 4.79 Å². The zero-order valence-electron chi connectivity index (χ0n) is 15.1. The minimum Gasteiger partial charge on any atom is -0.457 e. The summed E-state index contributed by atoms with van der Waals surface area (Å²) in [6.07, 6.45) is 6.19. The van der Waals surface area contributed by atoms with E-state index in [9.17, 15) is 4.79 Å². The zero-order chi connectivity index (χ0) is 18.6. The summed E-state index contributed by atoms with van der Waals surface area (Å²) in [5, 5.41) is 3.83. The standard InChI is InChI=1S/C21H21N3O2S/c1-15-3-2-4-19(13-15)26-18-9-5-16(6-10-18)23-20(25)14-27-21-22-11-12-24(21)17-7-8-17/h2-6,9-13,17H,7-8,14H2,1H3,(H,23,25). The molecule has 1 fully saturated rings. The van der Waals surface area contributed by atoms with E-state index in [0.29, 0.717) is 11.8 Å². The number of carbonyl (C=O) groups is 1. The van der Waals surface area contributed by atoms with E-state index in [1.54, 1.807) is 6.20 Å². The van der Waals surface area contributed by atoms with E-state index in [2.05, 4.69) is 14.9 Å². The Hall–Kier alpha value is -2.73. The van der Waals surface area contributed by atoms with Crippen molar-refractivity contribution in [3.05, 3.63) is 66.5 Å². The highest BCUT2D eigenvalue weighted by atomic mass is 32.2. The quantitative estimate of drug-likeness (QED) is 0.584. The number of ether oxygens (including phenoxy) is 1. The summed E-state index contributed by atoms with van der Waals surface area (Å²) < 4.78 is 7.99. The van der Waals surface area contributed by atoms with Gasteiger partial charge in [0.25, 0.3) is 0 Å². The van der Waals surface area contributed by atoms with E-state index in [1.165, 1.54) is 24.6 Å². The molecule has 0 aliphatic heterocycles. The average molecular weight is 379 g/mol. The number of anilines is 1. The molecular formula is C21H21N3O2S. The van der Waals surface area contributed by atoms with Gasteiger partial charge in [0.2, 0.25) is 5.91 Å². The molecule has 138 valence electrons. The Labute approximate surface area is 162 Å². The molecule has 0 saturated heterocycles. The Balaban J connectivity index is 1.30. The fourth-order valence-electron chi connectivity index (χ4n) is 2.79. The van der Waals surface area contributed by atoms with E-state index in [4.69, 9.17) is 4.74 Å². The van der Waals surface area contributed by atoms with Crippen molar-refractivity contribution in [2.45, 2.75) is 31.0 Å². The van der Waals surface area contributed by atoms with Crippen molar-refractivity contribution < 1.29 is 9.53 Å². The van der Waals surface area contributed by atoms with Crippen LogP contribution in [-0.2, 0) is 4.79 Å². The number of hydrogen-bond acceptors (Lipinski definition) is 4.